The number of aliphatic hydroxyl groups excluding tert-OH is 2. The molecule has 0 aliphatic heterocycles. The Balaban J connectivity index is 2.59. The summed E-state index contributed by atoms with van der Waals surface area (Å²) in [6.45, 7) is 5.45. The summed E-state index contributed by atoms with van der Waals surface area (Å²) in [5, 5.41) is 18.0. The highest BCUT2D eigenvalue weighted by molar-refractivity contribution is 4.88. The van der Waals surface area contributed by atoms with Gasteiger partial charge in [0.15, 0.2) is 0 Å². The minimum absolute atomic E-state index is 0.367. The highest BCUT2D eigenvalue weighted by Gasteiger charge is 2.37. The topological polar surface area (TPSA) is 40.5 Å². The molecule has 0 radical (unpaired) electrons. The molecule has 2 nitrogen and oxygen atoms in total. The summed E-state index contributed by atoms with van der Waals surface area (Å²) in [7, 11) is 0. The first kappa shape index (κ1) is 35.9. The van der Waals surface area contributed by atoms with Crippen LogP contribution in [0, 0.1) is 23.7 Å². The van der Waals surface area contributed by atoms with Gasteiger partial charge in [0.05, 0.1) is 0 Å². The largest absolute Gasteiger partial charge is 0.396 e. The Bertz CT molecular complexity index is 462. The van der Waals surface area contributed by atoms with Gasteiger partial charge in [0, 0.05) is 13.2 Å². The summed E-state index contributed by atoms with van der Waals surface area (Å²) in [5.41, 5.74) is 0. The van der Waals surface area contributed by atoms with Crippen molar-refractivity contribution in [2.24, 2.45) is 23.7 Å². The summed E-state index contributed by atoms with van der Waals surface area (Å²) in [5.74, 6) is 4.03. The van der Waals surface area contributed by atoms with Gasteiger partial charge in [-0.2, -0.15) is 0 Å². The van der Waals surface area contributed by atoms with Gasteiger partial charge in [-0.15, -0.1) is 0 Å². The average molecular weight is 537 g/mol. The predicted molar refractivity (Wildman–Crippen MR) is 169 cm³/mol. The molecule has 2 N–H and O–H groups in total. The second kappa shape index (κ2) is 27.1. The highest BCUT2D eigenvalue weighted by atomic mass is 16.3. The third-order valence-electron chi connectivity index (χ3n) is 9.92. The first-order valence-corrected chi connectivity index (χ1v) is 18.0. The average Bonchev–Trinajstić information content (AvgIpc) is 2.93. The monoisotopic (exact) mass is 537 g/mol. The Morgan fingerprint density at radius 1 is 0.368 bits per heavy atom. The zero-order valence-corrected chi connectivity index (χ0v) is 26.4. The van der Waals surface area contributed by atoms with Crippen molar-refractivity contribution in [3.05, 3.63) is 0 Å². The van der Waals surface area contributed by atoms with Crippen LogP contribution in [0.25, 0.3) is 0 Å². The lowest BCUT2D eigenvalue weighted by Gasteiger charge is -2.44. The number of aliphatic hydroxyl groups is 2. The summed E-state index contributed by atoms with van der Waals surface area (Å²) in [6, 6.07) is 0. The van der Waals surface area contributed by atoms with E-state index in [1.807, 2.05) is 0 Å². The number of unbranched alkanes of at least 4 members (excludes halogenated alkanes) is 18. The van der Waals surface area contributed by atoms with Gasteiger partial charge in [-0.3, -0.25) is 0 Å². The van der Waals surface area contributed by atoms with E-state index in [0.717, 1.165) is 36.5 Å². The third kappa shape index (κ3) is 18.3. The maximum Gasteiger partial charge on any atom is 0.0431 e. The number of rotatable bonds is 28. The first-order chi connectivity index (χ1) is 18.8. The molecule has 0 aromatic heterocycles. The van der Waals surface area contributed by atoms with E-state index < -0.39 is 0 Å². The first-order valence-electron chi connectivity index (χ1n) is 18.0. The Labute approximate surface area is 240 Å². The highest BCUT2D eigenvalue weighted by Crippen LogP contribution is 2.47. The third-order valence-corrected chi connectivity index (χ3v) is 9.92. The van der Waals surface area contributed by atoms with Gasteiger partial charge in [-0.05, 0) is 62.2 Å². The zero-order valence-electron chi connectivity index (χ0n) is 26.4. The van der Waals surface area contributed by atoms with E-state index in [2.05, 4.69) is 13.8 Å². The van der Waals surface area contributed by atoms with Gasteiger partial charge < -0.3 is 10.2 Å². The van der Waals surface area contributed by atoms with E-state index in [1.165, 1.54) is 167 Å². The van der Waals surface area contributed by atoms with Crippen molar-refractivity contribution in [2.75, 3.05) is 13.2 Å². The molecular formula is C36H72O2. The molecule has 0 heterocycles. The lowest BCUT2D eigenvalue weighted by atomic mass is 9.61. The molecule has 1 aliphatic carbocycles. The van der Waals surface area contributed by atoms with Crippen LogP contribution < -0.4 is 0 Å². The smallest absolute Gasteiger partial charge is 0.0431 e. The van der Waals surface area contributed by atoms with Crippen molar-refractivity contribution in [1.82, 2.24) is 0 Å². The molecule has 4 atom stereocenters. The lowest BCUT2D eigenvalue weighted by molar-refractivity contribution is 0.0582. The van der Waals surface area contributed by atoms with Gasteiger partial charge in [0.1, 0.15) is 0 Å². The minimum atomic E-state index is 0.367. The Kier molecular flexibility index (Phi) is 25.6. The summed E-state index contributed by atoms with van der Waals surface area (Å²) in [4.78, 5) is 0. The molecule has 2 heteroatoms. The van der Waals surface area contributed by atoms with Crippen LogP contribution in [0.4, 0.5) is 0 Å². The molecule has 1 fully saturated rings. The second-order valence-electron chi connectivity index (χ2n) is 13.1. The van der Waals surface area contributed by atoms with E-state index in [9.17, 15) is 0 Å². The standard InChI is InChI=1S/C36H72O2/c1-3-5-7-20-25-33-29-30-34(26-21-15-12-14-18-24-32-38)36(35(33)27-19-6-4-2)28-22-16-11-9-8-10-13-17-23-31-37/h33-38H,3-32H2,1-2H3. The molecule has 1 saturated carbocycles. The van der Waals surface area contributed by atoms with Gasteiger partial charge in [-0.25, -0.2) is 0 Å². The Hall–Kier alpha value is -0.0800. The molecule has 0 bridgehead atoms. The van der Waals surface area contributed by atoms with E-state index in [1.54, 1.807) is 0 Å². The minimum Gasteiger partial charge on any atom is -0.396 e. The summed E-state index contributed by atoms with van der Waals surface area (Å²) >= 11 is 0. The molecule has 0 spiro atoms. The van der Waals surface area contributed by atoms with Gasteiger partial charge in [-0.1, -0.05) is 155 Å². The fraction of sp³-hybridized carbons (Fsp3) is 1.00. The normalized spacial score (nSPS) is 21.8. The van der Waals surface area contributed by atoms with Crippen molar-refractivity contribution in [1.29, 1.82) is 0 Å². The zero-order chi connectivity index (χ0) is 27.5. The van der Waals surface area contributed by atoms with Crippen LogP contribution in [-0.2, 0) is 0 Å². The van der Waals surface area contributed by atoms with Crippen LogP contribution in [0.3, 0.4) is 0 Å². The molecule has 0 aromatic carbocycles. The van der Waals surface area contributed by atoms with E-state index in [4.69, 9.17) is 10.2 Å². The Morgan fingerprint density at radius 3 is 1.05 bits per heavy atom. The summed E-state index contributed by atoms with van der Waals surface area (Å²) in [6.07, 6.45) is 38.9. The van der Waals surface area contributed by atoms with Crippen molar-refractivity contribution in [3.63, 3.8) is 0 Å². The molecule has 0 saturated heterocycles. The number of hydrogen-bond donors (Lipinski definition) is 2. The molecule has 228 valence electrons. The van der Waals surface area contributed by atoms with Crippen LogP contribution in [0.5, 0.6) is 0 Å². The molecule has 0 amide bonds. The molecule has 38 heavy (non-hydrogen) atoms. The van der Waals surface area contributed by atoms with Crippen LogP contribution >= 0.6 is 0 Å². The maximum absolute atomic E-state index is 9.04. The van der Waals surface area contributed by atoms with Crippen LogP contribution in [0.1, 0.15) is 194 Å². The predicted octanol–water partition coefficient (Wildman–Crippen LogP) is 11.4. The van der Waals surface area contributed by atoms with Crippen LogP contribution in [0.15, 0.2) is 0 Å². The van der Waals surface area contributed by atoms with Gasteiger partial charge >= 0.3 is 0 Å². The Morgan fingerprint density at radius 2 is 0.658 bits per heavy atom. The fourth-order valence-electron chi connectivity index (χ4n) is 7.59. The molecule has 1 aliphatic rings. The maximum atomic E-state index is 9.04. The van der Waals surface area contributed by atoms with Crippen molar-refractivity contribution in [3.8, 4) is 0 Å². The van der Waals surface area contributed by atoms with E-state index >= 15 is 0 Å². The van der Waals surface area contributed by atoms with Crippen LogP contribution in [0.2, 0.25) is 0 Å². The molecular weight excluding hydrogens is 464 g/mol. The molecule has 4 unspecified atom stereocenters. The molecule has 0 aromatic rings. The van der Waals surface area contributed by atoms with Gasteiger partial charge in [0.2, 0.25) is 0 Å². The summed E-state index contributed by atoms with van der Waals surface area (Å²) < 4.78 is 0. The van der Waals surface area contributed by atoms with Crippen molar-refractivity contribution < 1.29 is 10.2 Å². The quantitative estimate of drug-likeness (QED) is 0.0976. The van der Waals surface area contributed by atoms with E-state index in [0.29, 0.717) is 13.2 Å². The van der Waals surface area contributed by atoms with Crippen molar-refractivity contribution in [2.45, 2.75) is 194 Å². The second-order valence-corrected chi connectivity index (χ2v) is 13.1. The van der Waals surface area contributed by atoms with E-state index in [-0.39, 0.29) is 0 Å². The van der Waals surface area contributed by atoms with Crippen LogP contribution in [-0.4, -0.2) is 23.4 Å². The number of hydrogen-bond acceptors (Lipinski definition) is 2. The molecule has 1 rings (SSSR count). The SMILES string of the molecule is CCCCCCC1CCC(CCCCCCCCO)C(CCCCCCCCCCCO)C1CCCCC. The van der Waals surface area contributed by atoms with Gasteiger partial charge in [0.25, 0.3) is 0 Å². The fourth-order valence-corrected chi connectivity index (χ4v) is 7.59. The van der Waals surface area contributed by atoms with Crippen molar-refractivity contribution >= 4 is 0 Å². The lowest BCUT2D eigenvalue weighted by Crippen LogP contribution is -2.35.